The van der Waals surface area contributed by atoms with Gasteiger partial charge in [0.15, 0.2) is 5.78 Å². The van der Waals surface area contributed by atoms with E-state index in [1.54, 1.807) is 24.4 Å². The maximum absolute atomic E-state index is 13.1. The minimum Gasteiger partial charge on any atom is -0.355 e. The van der Waals surface area contributed by atoms with E-state index in [4.69, 9.17) is 0 Å². The van der Waals surface area contributed by atoms with Crippen LogP contribution in [0.25, 0.3) is 0 Å². The van der Waals surface area contributed by atoms with E-state index in [1.807, 2.05) is 37.3 Å². The topological polar surface area (TPSA) is 101 Å². The first-order valence-electron chi connectivity index (χ1n) is 10.5. The molecule has 3 rings (SSSR count). The van der Waals surface area contributed by atoms with Crippen LogP contribution in [0.5, 0.6) is 0 Å². The molecule has 0 unspecified atom stereocenters. The van der Waals surface area contributed by atoms with Gasteiger partial charge in [0.2, 0.25) is 5.91 Å². The molecule has 1 aromatic carbocycles. The summed E-state index contributed by atoms with van der Waals surface area (Å²) in [5.41, 5.74) is 3.22. The molecule has 3 aromatic rings. The first-order valence-corrected chi connectivity index (χ1v) is 10.5. The van der Waals surface area contributed by atoms with Gasteiger partial charge in [-0.2, -0.15) is 0 Å². The minimum atomic E-state index is -0.207. The number of hydrogen-bond donors (Lipinski definition) is 2. The Morgan fingerprint density at radius 3 is 2.38 bits per heavy atom. The maximum Gasteiger partial charge on any atom is 0.222 e. The predicted molar refractivity (Wildman–Crippen MR) is 124 cm³/mol. The molecule has 0 saturated heterocycles. The van der Waals surface area contributed by atoms with Crippen LogP contribution in [0.15, 0.2) is 60.9 Å². The van der Waals surface area contributed by atoms with Crippen LogP contribution in [-0.4, -0.2) is 27.4 Å². The lowest BCUT2D eigenvalue weighted by atomic mass is 10.0. The van der Waals surface area contributed by atoms with Gasteiger partial charge in [-0.15, -0.1) is 0 Å². The summed E-state index contributed by atoms with van der Waals surface area (Å²) >= 11 is 0. The van der Waals surface area contributed by atoms with Gasteiger partial charge in [0.05, 0.1) is 11.3 Å². The van der Waals surface area contributed by atoms with E-state index < -0.39 is 0 Å². The number of nitrogens with one attached hydrogen (secondary N) is 2. The Bertz CT molecular complexity index is 1100. The van der Waals surface area contributed by atoms with Crippen LogP contribution in [0.2, 0.25) is 0 Å². The van der Waals surface area contributed by atoms with Gasteiger partial charge in [-0.05, 0) is 36.2 Å². The molecule has 32 heavy (non-hydrogen) atoms. The number of pyridine rings is 2. The van der Waals surface area contributed by atoms with Gasteiger partial charge in [0.1, 0.15) is 11.6 Å². The second kappa shape index (κ2) is 10.9. The molecule has 7 heteroatoms. The van der Waals surface area contributed by atoms with Crippen LogP contribution in [-0.2, 0) is 22.4 Å². The summed E-state index contributed by atoms with van der Waals surface area (Å²) in [7, 11) is 0. The lowest BCUT2D eigenvalue weighted by Gasteiger charge is -2.13. The van der Waals surface area contributed by atoms with Gasteiger partial charge < -0.3 is 10.6 Å². The number of anilines is 3. The van der Waals surface area contributed by atoms with Gasteiger partial charge in [-0.25, -0.2) is 4.98 Å². The summed E-state index contributed by atoms with van der Waals surface area (Å²) in [4.78, 5) is 44.8. The van der Waals surface area contributed by atoms with Gasteiger partial charge >= 0.3 is 0 Å². The quantitative estimate of drug-likeness (QED) is 0.459. The van der Waals surface area contributed by atoms with Crippen molar-refractivity contribution in [2.75, 3.05) is 10.6 Å². The van der Waals surface area contributed by atoms with Crippen LogP contribution < -0.4 is 10.6 Å². The minimum absolute atomic E-state index is 0.120. The van der Waals surface area contributed by atoms with E-state index in [1.165, 1.54) is 13.1 Å². The fraction of sp³-hybridized carbons (Fsp3) is 0.240. The van der Waals surface area contributed by atoms with Gasteiger partial charge in [0.25, 0.3) is 0 Å². The van der Waals surface area contributed by atoms with E-state index in [0.29, 0.717) is 29.2 Å². The highest BCUT2D eigenvalue weighted by molar-refractivity contribution is 6.02. The molecule has 0 radical (unpaired) electrons. The first-order chi connectivity index (χ1) is 15.4. The van der Waals surface area contributed by atoms with Crippen LogP contribution in [0.3, 0.4) is 0 Å². The standard InChI is InChI=1S/C25H26N4O3/c1-3-7-21(31)13-20-14-23(29-19-8-5-4-6-9-19)22(16-26-20)24(32)12-18-10-11-25(27-15-18)28-17(2)30/h4-6,8-11,14-16H,3,7,12-13H2,1-2H3,(H,26,29)(H,27,28,30). The Labute approximate surface area is 187 Å². The lowest BCUT2D eigenvalue weighted by molar-refractivity contribution is -0.118. The molecule has 0 saturated carbocycles. The van der Waals surface area contributed by atoms with Crippen molar-refractivity contribution in [1.29, 1.82) is 0 Å². The second-order valence-corrected chi connectivity index (χ2v) is 7.51. The van der Waals surface area contributed by atoms with Crippen LogP contribution in [0, 0.1) is 0 Å². The molecule has 0 atom stereocenters. The summed E-state index contributed by atoms with van der Waals surface area (Å²) in [6.45, 7) is 3.37. The molecule has 7 nitrogen and oxygen atoms in total. The van der Waals surface area contributed by atoms with Crippen molar-refractivity contribution < 1.29 is 14.4 Å². The third-order valence-corrected chi connectivity index (χ3v) is 4.71. The molecule has 2 heterocycles. The first kappa shape index (κ1) is 22.8. The Morgan fingerprint density at radius 1 is 0.938 bits per heavy atom. The number of aromatic nitrogens is 2. The highest BCUT2D eigenvalue weighted by Crippen LogP contribution is 2.23. The highest BCUT2D eigenvalue weighted by Gasteiger charge is 2.16. The Kier molecular flexibility index (Phi) is 7.80. The van der Waals surface area contributed by atoms with Crippen LogP contribution in [0.4, 0.5) is 17.2 Å². The number of para-hydroxylation sites is 1. The SMILES string of the molecule is CCCC(=O)Cc1cc(Nc2ccccc2)c(C(=O)Cc2ccc(NC(C)=O)nc2)cn1. The molecule has 0 bridgehead atoms. The van der Waals surface area contributed by atoms with Gasteiger partial charge in [-0.1, -0.05) is 31.2 Å². The fourth-order valence-electron chi connectivity index (χ4n) is 3.23. The van der Waals surface area contributed by atoms with E-state index in [0.717, 1.165) is 17.7 Å². The molecule has 1 amide bonds. The molecule has 0 aliphatic rings. The molecule has 0 spiro atoms. The number of ketones is 2. The predicted octanol–water partition coefficient (Wildman–Crippen LogP) is 4.52. The van der Waals surface area contributed by atoms with Gasteiger partial charge in [0, 0.05) is 50.0 Å². The highest BCUT2D eigenvalue weighted by atomic mass is 16.1. The largest absolute Gasteiger partial charge is 0.355 e. The number of carbonyl (C=O) groups excluding carboxylic acids is 3. The molecule has 0 aliphatic carbocycles. The molecular formula is C25H26N4O3. The average molecular weight is 431 g/mol. The molecule has 2 N–H and O–H groups in total. The van der Waals surface area contributed by atoms with Crippen molar-refractivity contribution in [3.05, 3.63) is 77.7 Å². The number of Topliss-reactive ketones (excluding diaryl/α,β-unsaturated/α-hetero) is 2. The normalized spacial score (nSPS) is 10.4. The Balaban J connectivity index is 1.83. The molecule has 2 aromatic heterocycles. The second-order valence-electron chi connectivity index (χ2n) is 7.51. The zero-order chi connectivity index (χ0) is 22.9. The molecule has 0 fully saturated rings. The molecular weight excluding hydrogens is 404 g/mol. The van der Waals surface area contributed by atoms with E-state index in [-0.39, 0.29) is 30.3 Å². The van der Waals surface area contributed by atoms with Crippen molar-refractivity contribution in [2.24, 2.45) is 0 Å². The summed E-state index contributed by atoms with van der Waals surface area (Å²) in [6, 6.07) is 14.7. The summed E-state index contributed by atoms with van der Waals surface area (Å²) in [5, 5.41) is 5.88. The van der Waals surface area contributed by atoms with E-state index >= 15 is 0 Å². The number of nitrogens with zero attached hydrogens (tertiary/aromatic N) is 2. The van der Waals surface area contributed by atoms with Crippen molar-refractivity contribution >= 4 is 34.7 Å². The number of hydrogen-bond acceptors (Lipinski definition) is 6. The zero-order valence-corrected chi connectivity index (χ0v) is 18.2. The van der Waals surface area contributed by atoms with Crippen molar-refractivity contribution in [3.63, 3.8) is 0 Å². The van der Waals surface area contributed by atoms with E-state index in [2.05, 4.69) is 20.6 Å². The third kappa shape index (κ3) is 6.57. The van der Waals surface area contributed by atoms with E-state index in [9.17, 15) is 14.4 Å². The Hall–Kier alpha value is -3.87. The van der Waals surface area contributed by atoms with Crippen LogP contribution in [0.1, 0.15) is 48.3 Å². The van der Waals surface area contributed by atoms with Crippen molar-refractivity contribution in [2.45, 2.75) is 39.5 Å². The summed E-state index contributed by atoms with van der Waals surface area (Å²) < 4.78 is 0. The Morgan fingerprint density at radius 2 is 1.72 bits per heavy atom. The number of amides is 1. The van der Waals surface area contributed by atoms with Crippen molar-refractivity contribution in [1.82, 2.24) is 9.97 Å². The monoisotopic (exact) mass is 430 g/mol. The average Bonchev–Trinajstić information content (AvgIpc) is 2.76. The molecule has 164 valence electrons. The zero-order valence-electron chi connectivity index (χ0n) is 18.2. The number of benzene rings is 1. The molecule has 0 aliphatic heterocycles. The lowest BCUT2D eigenvalue weighted by Crippen LogP contribution is -2.11. The van der Waals surface area contributed by atoms with Crippen molar-refractivity contribution in [3.8, 4) is 0 Å². The smallest absolute Gasteiger partial charge is 0.222 e. The fourth-order valence-corrected chi connectivity index (χ4v) is 3.23. The third-order valence-electron chi connectivity index (χ3n) is 4.71. The van der Waals surface area contributed by atoms with Crippen LogP contribution >= 0.6 is 0 Å². The summed E-state index contributed by atoms with van der Waals surface area (Å²) in [5.74, 6) is 0.218. The summed E-state index contributed by atoms with van der Waals surface area (Å²) in [6.07, 6.45) is 4.76. The van der Waals surface area contributed by atoms with Gasteiger partial charge in [-0.3, -0.25) is 19.4 Å². The number of rotatable bonds is 10. The maximum atomic E-state index is 13.1. The number of carbonyl (C=O) groups is 3.